The van der Waals surface area contributed by atoms with Crippen LogP contribution in [0, 0.1) is 0 Å². The summed E-state index contributed by atoms with van der Waals surface area (Å²) < 4.78 is 0. The van der Waals surface area contributed by atoms with Crippen LogP contribution in [0.5, 0.6) is 0 Å². The van der Waals surface area contributed by atoms with E-state index in [4.69, 9.17) is 9.97 Å². The summed E-state index contributed by atoms with van der Waals surface area (Å²) >= 11 is 0. The topological polar surface area (TPSA) is 25.8 Å². The van der Waals surface area contributed by atoms with Crippen LogP contribution in [-0.2, 0) is 12.8 Å². The van der Waals surface area contributed by atoms with Crippen LogP contribution in [0.2, 0.25) is 0 Å². The Hall–Kier alpha value is -3.26. The molecular formula is C34H40N2. The summed E-state index contributed by atoms with van der Waals surface area (Å²) in [4.78, 5) is 10.2. The molecule has 0 bridgehead atoms. The summed E-state index contributed by atoms with van der Waals surface area (Å²) in [5.41, 5.74) is 7.02. The van der Waals surface area contributed by atoms with Gasteiger partial charge in [-0.05, 0) is 75.3 Å². The van der Waals surface area contributed by atoms with Gasteiger partial charge in [-0.2, -0.15) is 0 Å². The third-order valence-corrected chi connectivity index (χ3v) is 7.00. The lowest BCUT2D eigenvalue weighted by Gasteiger charge is -2.12. The second kappa shape index (κ2) is 13.7. The predicted molar refractivity (Wildman–Crippen MR) is 155 cm³/mol. The van der Waals surface area contributed by atoms with Gasteiger partial charge in [0.2, 0.25) is 0 Å². The van der Waals surface area contributed by atoms with E-state index in [1.54, 1.807) is 0 Å². The number of allylic oxidation sites excluding steroid dienone is 2. The summed E-state index contributed by atoms with van der Waals surface area (Å²) in [6.07, 6.45) is 22.5. The second-order valence-electron chi connectivity index (χ2n) is 9.85. The molecule has 1 heterocycles. The van der Waals surface area contributed by atoms with Crippen LogP contribution in [0.4, 0.5) is 0 Å². The van der Waals surface area contributed by atoms with E-state index >= 15 is 0 Å². The lowest BCUT2D eigenvalue weighted by Crippen LogP contribution is -2.34. The standard InChI is InChI=1S/C34H40N2/c1-3-5-7-9-11-15-27-19-23-29(24-20-27)33-34(36-32-18-14-13-17-31(32)35-33)30-25-21-28(22-26-30)16-12-10-8-6-4-2/h3-4,17-26H,1-2,5-16H2. The number of aromatic nitrogens is 2. The first-order valence-corrected chi connectivity index (χ1v) is 13.8. The van der Waals surface area contributed by atoms with E-state index in [1.165, 1.54) is 49.7 Å². The van der Waals surface area contributed by atoms with E-state index in [0.717, 1.165) is 71.7 Å². The van der Waals surface area contributed by atoms with Gasteiger partial charge in [-0.15, -0.1) is 13.2 Å². The van der Waals surface area contributed by atoms with Crippen molar-refractivity contribution in [2.75, 3.05) is 0 Å². The fraction of sp³-hybridized carbons (Fsp3) is 0.353. The van der Waals surface area contributed by atoms with Gasteiger partial charge in [0.25, 0.3) is 0 Å². The number of hydrogen-bond donors (Lipinski definition) is 0. The van der Waals surface area contributed by atoms with Crippen molar-refractivity contribution in [3.63, 3.8) is 0 Å². The van der Waals surface area contributed by atoms with E-state index < -0.39 is 0 Å². The molecule has 0 N–H and O–H groups in total. The van der Waals surface area contributed by atoms with Gasteiger partial charge in [0.15, 0.2) is 0 Å². The van der Waals surface area contributed by atoms with Crippen molar-refractivity contribution in [1.82, 2.24) is 9.97 Å². The number of benzene rings is 2. The molecule has 0 fully saturated rings. The maximum absolute atomic E-state index is 5.12. The first kappa shape index (κ1) is 25.8. The molecule has 0 saturated carbocycles. The normalized spacial score (nSPS) is 12.3. The van der Waals surface area contributed by atoms with Crippen LogP contribution in [0.25, 0.3) is 34.7 Å². The Bertz CT molecular complexity index is 1150. The first-order chi connectivity index (χ1) is 17.8. The Balaban J connectivity index is 1.55. The van der Waals surface area contributed by atoms with Gasteiger partial charge in [-0.1, -0.05) is 85.7 Å². The molecule has 0 saturated heterocycles. The van der Waals surface area contributed by atoms with Gasteiger partial charge in [0.05, 0.1) is 22.1 Å². The molecule has 36 heavy (non-hydrogen) atoms. The van der Waals surface area contributed by atoms with E-state index in [1.807, 2.05) is 12.2 Å². The molecule has 2 nitrogen and oxygen atoms in total. The lowest BCUT2D eigenvalue weighted by atomic mass is 9.99. The van der Waals surface area contributed by atoms with Crippen LogP contribution in [0.1, 0.15) is 75.3 Å². The summed E-state index contributed by atoms with van der Waals surface area (Å²) in [7, 11) is 0. The molecule has 0 spiro atoms. The van der Waals surface area contributed by atoms with E-state index in [2.05, 4.69) is 73.8 Å². The zero-order chi connectivity index (χ0) is 25.0. The Morgan fingerprint density at radius 3 is 1.36 bits per heavy atom. The SMILES string of the molecule is C=CCCCCCc1ccc(-c2nc3c(nc2-c2ccc(CCCCCC=C)cc2)=CCCC=3)cc1. The van der Waals surface area contributed by atoms with Crippen molar-refractivity contribution in [3.8, 4) is 22.5 Å². The zero-order valence-electron chi connectivity index (χ0n) is 21.7. The van der Waals surface area contributed by atoms with Gasteiger partial charge >= 0.3 is 0 Å². The first-order valence-electron chi connectivity index (χ1n) is 13.8. The summed E-state index contributed by atoms with van der Waals surface area (Å²) in [6, 6.07) is 18.0. The van der Waals surface area contributed by atoms with E-state index in [-0.39, 0.29) is 0 Å². The maximum Gasteiger partial charge on any atom is 0.0972 e. The largest absolute Gasteiger partial charge is 0.244 e. The number of nitrogens with zero attached hydrogens (tertiary/aromatic N) is 2. The fourth-order valence-corrected chi connectivity index (χ4v) is 4.85. The van der Waals surface area contributed by atoms with Gasteiger partial charge in [0, 0.05) is 11.1 Å². The second-order valence-corrected chi connectivity index (χ2v) is 9.85. The monoisotopic (exact) mass is 476 g/mol. The number of hydrogen-bond acceptors (Lipinski definition) is 2. The highest BCUT2D eigenvalue weighted by atomic mass is 14.8. The van der Waals surface area contributed by atoms with Crippen molar-refractivity contribution in [3.05, 3.63) is 95.7 Å². The minimum Gasteiger partial charge on any atom is -0.244 e. The Morgan fingerprint density at radius 1 is 0.556 bits per heavy atom. The minimum absolute atomic E-state index is 0.981. The molecule has 0 radical (unpaired) electrons. The number of fused-ring (bicyclic) bond motifs is 1. The average molecular weight is 477 g/mol. The Labute approximate surface area is 217 Å². The van der Waals surface area contributed by atoms with Gasteiger partial charge in [-0.3, -0.25) is 0 Å². The molecule has 0 atom stereocenters. The van der Waals surface area contributed by atoms with Crippen molar-refractivity contribution in [2.45, 2.75) is 77.0 Å². The molecule has 1 aliphatic rings. The maximum atomic E-state index is 5.12. The summed E-state index contributed by atoms with van der Waals surface area (Å²) in [5.74, 6) is 0. The van der Waals surface area contributed by atoms with E-state index in [0.29, 0.717) is 0 Å². The number of rotatable bonds is 14. The molecule has 186 valence electrons. The molecule has 1 aromatic heterocycles. The average Bonchev–Trinajstić information content (AvgIpc) is 2.93. The van der Waals surface area contributed by atoms with Crippen LogP contribution in [0.15, 0.2) is 73.8 Å². The highest BCUT2D eigenvalue weighted by molar-refractivity contribution is 5.78. The van der Waals surface area contributed by atoms with Crippen LogP contribution in [-0.4, -0.2) is 9.97 Å². The molecule has 2 aromatic carbocycles. The van der Waals surface area contributed by atoms with Gasteiger partial charge in [-0.25, -0.2) is 9.97 Å². The molecule has 3 aromatic rings. The van der Waals surface area contributed by atoms with Crippen molar-refractivity contribution in [1.29, 1.82) is 0 Å². The lowest BCUT2D eigenvalue weighted by molar-refractivity contribution is 0.687. The third kappa shape index (κ3) is 7.13. The van der Waals surface area contributed by atoms with Crippen LogP contribution >= 0.6 is 0 Å². The summed E-state index contributed by atoms with van der Waals surface area (Å²) in [6.45, 7) is 7.64. The third-order valence-electron chi connectivity index (χ3n) is 7.00. The van der Waals surface area contributed by atoms with Gasteiger partial charge in [0.1, 0.15) is 0 Å². The molecule has 1 aliphatic carbocycles. The number of unbranched alkanes of at least 4 members (excludes halogenated alkanes) is 6. The highest BCUT2D eigenvalue weighted by Gasteiger charge is 2.13. The predicted octanol–water partition coefficient (Wildman–Crippen LogP) is 7.74. The zero-order valence-corrected chi connectivity index (χ0v) is 21.7. The Morgan fingerprint density at radius 2 is 0.972 bits per heavy atom. The van der Waals surface area contributed by atoms with E-state index in [9.17, 15) is 0 Å². The molecule has 0 unspecified atom stereocenters. The highest BCUT2D eigenvalue weighted by Crippen LogP contribution is 2.28. The Kier molecular flexibility index (Phi) is 9.85. The molecular weight excluding hydrogens is 436 g/mol. The van der Waals surface area contributed by atoms with Gasteiger partial charge < -0.3 is 0 Å². The smallest absolute Gasteiger partial charge is 0.0972 e. The molecule has 0 amide bonds. The molecule has 2 heteroatoms. The van der Waals surface area contributed by atoms with Crippen molar-refractivity contribution >= 4 is 12.2 Å². The number of aryl methyl sites for hydroxylation is 2. The van der Waals surface area contributed by atoms with Crippen LogP contribution in [0.3, 0.4) is 0 Å². The molecule has 4 rings (SSSR count). The minimum atomic E-state index is 0.981. The van der Waals surface area contributed by atoms with Crippen LogP contribution < -0.4 is 10.7 Å². The fourth-order valence-electron chi connectivity index (χ4n) is 4.85. The van der Waals surface area contributed by atoms with Crippen molar-refractivity contribution < 1.29 is 0 Å². The quantitative estimate of drug-likeness (QED) is 0.176. The van der Waals surface area contributed by atoms with Crippen molar-refractivity contribution in [2.24, 2.45) is 0 Å². The molecule has 0 aliphatic heterocycles. The summed E-state index contributed by atoms with van der Waals surface area (Å²) in [5, 5.41) is 2.03.